The number of nitrogens with zero attached hydrogens (tertiary/aromatic N) is 2. The van der Waals surface area contributed by atoms with Crippen LogP contribution in [0.2, 0.25) is 0 Å². The predicted molar refractivity (Wildman–Crippen MR) is 74.7 cm³/mol. The molecule has 1 unspecified atom stereocenters. The SMILES string of the molecule is CC(NC(=O)Cn1c(C(C)(C)C)noc1=O)c1ccco1. The summed E-state index contributed by atoms with van der Waals surface area (Å²) in [5.74, 6) is 0.140. The van der Waals surface area contributed by atoms with E-state index in [-0.39, 0.29) is 23.9 Å². The lowest BCUT2D eigenvalue weighted by molar-refractivity contribution is -0.122. The van der Waals surface area contributed by atoms with Crippen molar-refractivity contribution in [1.82, 2.24) is 15.0 Å². The maximum absolute atomic E-state index is 12.1. The van der Waals surface area contributed by atoms with E-state index in [1.54, 1.807) is 25.3 Å². The number of furan rings is 1. The Bertz CT molecular complexity index is 661. The van der Waals surface area contributed by atoms with Crippen LogP contribution in [0.1, 0.15) is 45.3 Å². The number of hydrogen-bond acceptors (Lipinski definition) is 5. The Morgan fingerprint density at radius 1 is 1.48 bits per heavy atom. The first-order chi connectivity index (χ1) is 9.79. The number of nitrogens with one attached hydrogen (secondary N) is 1. The highest BCUT2D eigenvalue weighted by Crippen LogP contribution is 2.18. The highest BCUT2D eigenvalue weighted by molar-refractivity contribution is 5.76. The van der Waals surface area contributed by atoms with Gasteiger partial charge in [-0.15, -0.1) is 0 Å². The lowest BCUT2D eigenvalue weighted by Crippen LogP contribution is -2.35. The van der Waals surface area contributed by atoms with Gasteiger partial charge >= 0.3 is 5.76 Å². The molecule has 0 aliphatic heterocycles. The average molecular weight is 293 g/mol. The molecule has 0 aliphatic rings. The van der Waals surface area contributed by atoms with Gasteiger partial charge in [0.2, 0.25) is 5.91 Å². The second-order valence-corrected chi connectivity index (χ2v) is 5.91. The Morgan fingerprint density at radius 2 is 2.19 bits per heavy atom. The van der Waals surface area contributed by atoms with Crippen molar-refractivity contribution in [3.63, 3.8) is 0 Å². The number of rotatable bonds is 4. The van der Waals surface area contributed by atoms with Crippen molar-refractivity contribution in [3.8, 4) is 0 Å². The topological polar surface area (TPSA) is 90.3 Å². The average Bonchev–Trinajstić information content (AvgIpc) is 2.99. The highest BCUT2D eigenvalue weighted by atomic mass is 16.5. The third-order valence-electron chi connectivity index (χ3n) is 3.01. The summed E-state index contributed by atoms with van der Waals surface area (Å²) in [5.41, 5.74) is -0.390. The summed E-state index contributed by atoms with van der Waals surface area (Å²) < 4.78 is 11.1. The molecule has 0 bridgehead atoms. The number of carbonyl (C=O) groups excluding carboxylic acids is 1. The fourth-order valence-corrected chi connectivity index (χ4v) is 1.99. The summed E-state index contributed by atoms with van der Waals surface area (Å²) >= 11 is 0. The Balaban J connectivity index is 2.10. The molecular weight excluding hydrogens is 274 g/mol. The van der Waals surface area contributed by atoms with Gasteiger partial charge in [0.25, 0.3) is 0 Å². The third kappa shape index (κ3) is 3.42. The Hall–Kier alpha value is -2.31. The second-order valence-electron chi connectivity index (χ2n) is 5.91. The fourth-order valence-electron chi connectivity index (χ4n) is 1.99. The van der Waals surface area contributed by atoms with Gasteiger partial charge < -0.3 is 9.73 Å². The lowest BCUT2D eigenvalue weighted by atomic mass is 9.96. The number of amides is 1. The Morgan fingerprint density at radius 3 is 2.76 bits per heavy atom. The van der Waals surface area contributed by atoms with E-state index in [9.17, 15) is 9.59 Å². The van der Waals surface area contributed by atoms with Crippen LogP contribution in [0.4, 0.5) is 0 Å². The molecule has 0 spiro atoms. The monoisotopic (exact) mass is 293 g/mol. The van der Waals surface area contributed by atoms with Gasteiger partial charge in [0, 0.05) is 5.41 Å². The van der Waals surface area contributed by atoms with Gasteiger partial charge in [0.05, 0.1) is 12.3 Å². The molecule has 1 amide bonds. The Kier molecular flexibility index (Phi) is 4.02. The van der Waals surface area contributed by atoms with Crippen LogP contribution in [0.15, 0.2) is 32.1 Å². The molecule has 2 aromatic heterocycles. The van der Waals surface area contributed by atoms with E-state index in [4.69, 9.17) is 4.42 Å². The summed E-state index contributed by atoms with van der Waals surface area (Å²) in [4.78, 5) is 23.7. The Labute approximate surface area is 121 Å². The largest absolute Gasteiger partial charge is 0.467 e. The third-order valence-corrected chi connectivity index (χ3v) is 3.01. The summed E-state index contributed by atoms with van der Waals surface area (Å²) in [5, 5.41) is 6.51. The summed E-state index contributed by atoms with van der Waals surface area (Å²) in [6.45, 7) is 7.34. The lowest BCUT2D eigenvalue weighted by Gasteiger charge is -2.17. The standard InChI is InChI=1S/C14H19N3O4/c1-9(10-6-5-7-20-10)15-11(18)8-17-12(14(2,3)4)16-21-13(17)19/h5-7,9H,8H2,1-4H3,(H,15,18). The van der Waals surface area contributed by atoms with Gasteiger partial charge in [-0.25, -0.2) is 4.79 Å². The van der Waals surface area contributed by atoms with Crippen LogP contribution < -0.4 is 11.1 Å². The zero-order chi connectivity index (χ0) is 15.6. The number of aromatic nitrogens is 2. The maximum Gasteiger partial charge on any atom is 0.442 e. The van der Waals surface area contributed by atoms with Crippen molar-refractivity contribution in [1.29, 1.82) is 0 Å². The molecule has 0 fully saturated rings. The van der Waals surface area contributed by atoms with Crippen LogP contribution in [-0.4, -0.2) is 15.6 Å². The molecule has 0 aromatic carbocycles. The first-order valence-corrected chi connectivity index (χ1v) is 6.69. The maximum atomic E-state index is 12.1. The predicted octanol–water partition coefficient (Wildman–Crippen LogP) is 1.60. The van der Waals surface area contributed by atoms with E-state index < -0.39 is 5.76 Å². The quantitative estimate of drug-likeness (QED) is 0.924. The van der Waals surface area contributed by atoms with E-state index in [1.165, 1.54) is 4.57 Å². The van der Waals surface area contributed by atoms with Crippen LogP contribution in [0, 0.1) is 0 Å². The minimum absolute atomic E-state index is 0.139. The molecule has 7 nitrogen and oxygen atoms in total. The second kappa shape index (κ2) is 5.59. The van der Waals surface area contributed by atoms with Crippen molar-refractivity contribution >= 4 is 5.91 Å². The van der Waals surface area contributed by atoms with Crippen LogP contribution >= 0.6 is 0 Å². The summed E-state index contributed by atoms with van der Waals surface area (Å²) in [6, 6.07) is 3.25. The van der Waals surface area contributed by atoms with Crippen molar-refractivity contribution in [2.75, 3.05) is 0 Å². The van der Waals surface area contributed by atoms with Crippen molar-refractivity contribution in [2.24, 2.45) is 0 Å². The van der Waals surface area contributed by atoms with Crippen LogP contribution in [0.3, 0.4) is 0 Å². The molecule has 7 heteroatoms. The van der Waals surface area contributed by atoms with Crippen LogP contribution in [0.25, 0.3) is 0 Å². The van der Waals surface area contributed by atoms with E-state index in [2.05, 4.69) is 15.0 Å². The van der Waals surface area contributed by atoms with Gasteiger partial charge in [-0.2, -0.15) is 0 Å². The fraction of sp³-hybridized carbons (Fsp3) is 0.500. The van der Waals surface area contributed by atoms with E-state index in [0.29, 0.717) is 11.6 Å². The normalized spacial score (nSPS) is 13.1. The van der Waals surface area contributed by atoms with Gasteiger partial charge in [-0.3, -0.25) is 13.9 Å². The zero-order valence-corrected chi connectivity index (χ0v) is 12.5. The van der Waals surface area contributed by atoms with Crippen LogP contribution in [-0.2, 0) is 16.8 Å². The van der Waals surface area contributed by atoms with Crippen molar-refractivity contribution in [2.45, 2.75) is 45.7 Å². The minimum Gasteiger partial charge on any atom is -0.467 e. The molecule has 21 heavy (non-hydrogen) atoms. The van der Waals surface area contributed by atoms with Crippen LogP contribution in [0.5, 0.6) is 0 Å². The summed E-state index contributed by atoms with van der Waals surface area (Å²) in [6.07, 6.45) is 1.54. The van der Waals surface area contributed by atoms with Gasteiger partial charge in [-0.1, -0.05) is 25.9 Å². The van der Waals surface area contributed by atoms with E-state index in [1.807, 2.05) is 20.8 Å². The number of hydrogen-bond donors (Lipinski definition) is 1. The van der Waals surface area contributed by atoms with Crippen molar-refractivity contribution in [3.05, 3.63) is 40.5 Å². The van der Waals surface area contributed by atoms with Gasteiger partial charge in [0.15, 0.2) is 5.82 Å². The smallest absolute Gasteiger partial charge is 0.442 e. The van der Waals surface area contributed by atoms with Gasteiger partial charge in [0.1, 0.15) is 12.3 Å². The molecule has 1 N–H and O–H groups in total. The first kappa shape index (κ1) is 15.1. The molecule has 0 radical (unpaired) electrons. The molecule has 2 heterocycles. The molecule has 1 atom stereocenters. The van der Waals surface area contributed by atoms with Gasteiger partial charge in [-0.05, 0) is 19.1 Å². The molecule has 114 valence electrons. The van der Waals surface area contributed by atoms with Crippen molar-refractivity contribution < 1.29 is 13.7 Å². The molecule has 2 rings (SSSR count). The molecule has 0 saturated heterocycles. The number of carbonyl (C=O) groups is 1. The first-order valence-electron chi connectivity index (χ1n) is 6.69. The molecule has 0 saturated carbocycles. The van der Waals surface area contributed by atoms with E-state index in [0.717, 1.165) is 0 Å². The zero-order valence-electron chi connectivity index (χ0n) is 12.5. The molecule has 0 aliphatic carbocycles. The molecular formula is C14H19N3O4. The highest BCUT2D eigenvalue weighted by Gasteiger charge is 2.25. The minimum atomic E-state index is -0.638. The molecule has 2 aromatic rings. The summed E-state index contributed by atoms with van der Waals surface area (Å²) in [7, 11) is 0. The van der Waals surface area contributed by atoms with E-state index >= 15 is 0 Å².